The number of carbonyl (C=O) groups is 2. The molecule has 1 fully saturated rings. The molecular weight excluding hydrogens is 521 g/mol. The van der Waals surface area contributed by atoms with Gasteiger partial charge in [-0.3, -0.25) is 14.5 Å². The van der Waals surface area contributed by atoms with Gasteiger partial charge in [-0.1, -0.05) is 61.7 Å². The fourth-order valence-electron chi connectivity index (χ4n) is 5.38. The summed E-state index contributed by atoms with van der Waals surface area (Å²) >= 11 is 0. The molecule has 2 amide bonds. The fraction of sp³-hybridized carbons (Fsp3) is 0.273. The molecule has 0 bridgehead atoms. The molecule has 0 radical (unpaired) electrons. The molecule has 0 aliphatic heterocycles. The van der Waals surface area contributed by atoms with E-state index in [2.05, 4.69) is 10.3 Å². The van der Waals surface area contributed by atoms with Crippen molar-refractivity contribution in [1.29, 1.82) is 0 Å². The molecule has 1 aliphatic carbocycles. The van der Waals surface area contributed by atoms with Gasteiger partial charge in [-0.25, -0.2) is 4.39 Å². The molecule has 7 nitrogen and oxygen atoms in total. The van der Waals surface area contributed by atoms with Gasteiger partial charge in [-0.15, -0.1) is 0 Å². The van der Waals surface area contributed by atoms with Crippen LogP contribution < -0.4 is 19.7 Å². The molecule has 0 unspecified atom stereocenters. The van der Waals surface area contributed by atoms with E-state index in [0.29, 0.717) is 28.4 Å². The smallest absolute Gasteiger partial charge is 0.275 e. The van der Waals surface area contributed by atoms with Crippen LogP contribution >= 0.6 is 0 Å². The van der Waals surface area contributed by atoms with E-state index in [-0.39, 0.29) is 11.9 Å². The van der Waals surface area contributed by atoms with Crippen molar-refractivity contribution in [2.24, 2.45) is 0 Å². The van der Waals surface area contributed by atoms with E-state index in [1.54, 1.807) is 36.4 Å². The number of ether oxygens (including phenoxy) is 2. The Morgan fingerprint density at radius 3 is 2.27 bits per heavy atom. The number of carbonyl (C=O) groups excluding carboxylic acids is 2. The summed E-state index contributed by atoms with van der Waals surface area (Å²) in [6.07, 6.45) is 4.97. The van der Waals surface area contributed by atoms with Gasteiger partial charge in [0.2, 0.25) is 5.91 Å². The Morgan fingerprint density at radius 1 is 0.878 bits per heavy atom. The van der Waals surface area contributed by atoms with Gasteiger partial charge in [0.15, 0.2) is 11.5 Å². The van der Waals surface area contributed by atoms with Crippen molar-refractivity contribution in [1.82, 2.24) is 10.3 Å². The maximum absolute atomic E-state index is 14.4. The Bertz CT molecular complexity index is 1480. The lowest BCUT2D eigenvalue weighted by Gasteiger charge is -2.33. The largest absolute Gasteiger partial charge is 0.493 e. The molecule has 2 N–H and O–H groups in total. The van der Waals surface area contributed by atoms with Gasteiger partial charge >= 0.3 is 0 Å². The molecule has 212 valence electrons. The predicted molar refractivity (Wildman–Crippen MR) is 157 cm³/mol. The van der Waals surface area contributed by atoms with Crippen LogP contribution in [0.1, 0.15) is 54.2 Å². The topological polar surface area (TPSA) is 83.7 Å². The van der Waals surface area contributed by atoms with Crippen molar-refractivity contribution in [3.05, 3.63) is 102 Å². The van der Waals surface area contributed by atoms with Crippen molar-refractivity contribution in [3.8, 4) is 22.8 Å². The molecule has 1 aliphatic rings. The number of halogens is 1. The van der Waals surface area contributed by atoms with Gasteiger partial charge in [0.05, 0.1) is 14.2 Å². The Morgan fingerprint density at radius 2 is 1.59 bits per heavy atom. The monoisotopic (exact) mass is 555 g/mol. The second-order valence-corrected chi connectivity index (χ2v) is 10.2. The first kappa shape index (κ1) is 28.0. The Labute approximate surface area is 239 Å². The number of anilines is 1. The fourth-order valence-corrected chi connectivity index (χ4v) is 5.38. The van der Waals surface area contributed by atoms with E-state index in [9.17, 15) is 14.0 Å². The molecule has 0 saturated heterocycles. The minimum Gasteiger partial charge on any atom is -0.493 e. The zero-order valence-corrected chi connectivity index (χ0v) is 23.2. The summed E-state index contributed by atoms with van der Waals surface area (Å²) in [4.78, 5) is 33.1. The number of amides is 2. The van der Waals surface area contributed by atoms with Crippen molar-refractivity contribution in [2.45, 2.75) is 44.2 Å². The number of hydrogen-bond acceptors (Lipinski definition) is 4. The zero-order valence-electron chi connectivity index (χ0n) is 23.2. The van der Waals surface area contributed by atoms with Gasteiger partial charge in [0.25, 0.3) is 5.91 Å². The third kappa shape index (κ3) is 6.27. The number of H-pyrrole nitrogens is 1. The lowest BCUT2D eigenvalue weighted by atomic mass is 9.94. The molecule has 4 aromatic rings. The van der Waals surface area contributed by atoms with Gasteiger partial charge < -0.3 is 19.8 Å². The molecule has 8 heteroatoms. The van der Waals surface area contributed by atoms with Crippen molar-refractivity contribution >= 4 is 17.5 Å². The van der Waals surface area contributed by atoms with Crippen LogP contribution in [0.3, 0.4) is 0 Å². The SMILES string of the molecule is COc1ccc(N(C(=O)c2ccc(-c3ccccc3)[nH]2)[C@H](C(=O)NC2CCCCC2)c2ccc(F)cc2)cc1OC. The number of benzene rings is 3. The first-order chi connectivity index (χ1) is 20.0. The summed E-state index contributed by atoms with van der Waals surface area (Å²) in [6.45, 7) is 0. The molecule has 1 atom stereocenters. The van der Waals surface area contributed by atoms with Crippen LogP contribution in [0.5, 0.6) is 11.5 Å². The number of aromatic amines is 1. The molecule has 1 aromatic heterocycles. The number of nitrogens with one attached hydrogen (secondary N) is 2. The van der Waals surface area contributed by atoms with Gasteiger partial charge in [-0.2, -0.15) is 0 Å². The van der Waals surface area contributed by atoms with Crippen LogP contribution in [0.2, 0.25) is 0 Å². The van der Waals surface area contributed by atoms with Crippen molar-refractivity contribution < 1.29 is 23.5 Å². The maximum atomic E-state index is 14.4. The number of nitrogens with zero attached hydrogens (tertiary/aromatic N) is 1. The summed E-state index contributed by atoms with van der Waals surface area (Å²) in [7, 11) is 3.04. The minimum absolute atomic E-state index is 0.0109. The highest BCUT2D eigenvalue weighted by Crippen LogP contribution is 2.37. The van der Waals surface area contributed by atoms with Crippen LogP contribution in [0.25, 0.3) is 11.3 Å². The number of rotatable bonds is 9. The molecule has 0 spiro atoms. The average Bonchev–Trinajstić information content (AvgIpc) is 3.51. The number of hydrogen-bond donors (Lipinski definition) is 2. The zero-order chi connectivity index (χ0) is 28.8. The lowest BCUT2D eigenvalue weighted by Crippen LogP contribution is -2.47. The normalized spacial score (nSPS) is 14.2. The van der Waals surface area contributed by atoms with E-state index >= 15 is 0 Å². The molecular formula is C33H34FN3O4. The summed E-state index contributed by atoms with van der Waals surface area (Å²) in [6, 6.07) is 22.9. The highest BCUT2D eigenvalue weighted by atomic mass is 19.1. The first-order valence-electron chi connectivity index (χ1n) is 13.8. The standard InChI is InChI=1S/C33H34FN3O4/c1-40-29-20-17-26(21-30(29)41-2)37(33(39)28-19-18-27(36-28)22-9-5-3-6-10-22)31(23-13-15-24(34)16-14-23)32(38)35-25-11-7-4-8-12-25/h3,5-6,9-10,13-21,25,31,36H,4,7-8,11-12H2,1-2H3,(H,35,38)/t31-/m0/s1. The Kier molecular flexibility index (Phi) is 8.67. The van der Waals surface area contributed by atoms with Crippen LogP contribution in [-0.4, -0.2) is 37.1 Å². The van der Waals surface area contributed by atoms with Gasteiger partial charge in [0, 0.05) is 23.5 Å². The molecule has 5 rings (SSSR count). The molecule has 41 heavy (non-hydrogen) atoms. The second kappa shape index (κ2) is 12.7. The third-order valence-corrected chi connectivity index (χ3v) is 7.51. The summed E-state index contributed by atoms with van der Waals surface area (Å²) in [5.41, 5.74) is 2.91. The second-order valence-electron chi connectivity index (χ2n) is 10.2. The number of aromatic nitrogens is 1. The van der Waals surface area contributed by atoms with E-state index < -0.39 is 17.8 Å². The van der Waals surface area contributed by atoms with Crippen LogP contribution in [0, 0.1) is 5.82 Å². The van der Waals surface area contributed by atoms with Crippen LogP contribution in [0.15, 0.2) is 84.9 Å². The number of methoxy groups -OCH3 is 2. The Hall–Kier alpha value is -4.59. The summed E-state index contributed by atoms with van der Waals surface area (Å²) in [5, 5.41) is 3.18. The summed E-state index contributed by atoms with van der Waals surface area (Å²) in [5.74, 6) is -0.292. The Balaban J connectivity index is 1.61. The highest BCUT2D eigenvalue weighted by Gasteiger charge is 2.35. The lowest BCUT2D eigenvalue weighted by molar-refractivity contribution is -0.123. The van der Waals surface area contributed by atoms with Crippen LogP contribution in [-0.2, 0) is 4.79 Å². The quantitative estimate of drug-likeness (QED) is 0.242. The van der Waals surface area contributed by atoms with E-state index in [0.717, 1.165) is 43.4 Å². The first-order valence-corrected chi connectivity index (χ1v) is 13.8. The van der Waals surface area contributed by atoms with Crippen molar-refractivity contribution in [3.63, 3.8) is 0 Å². The van der Waals surface area contributed by atoms with Gasteiger partial charge in [-0.05, 0) is 60.4 Å². The van der Waals surface area contributed by atoms with Gasteiger partial charge in [0.1, 0.15) is 17.6 Å². The third-order valence-electron chi connectivity index (χ3n) is 7.51. The molecule has 3 aromatic carbocycles. The van der Waals surface area contributed by atoms with E-state index in [4.69, 9.17) is 9.47 Å². The van der Waals surface area contributed by atoms with E-state index in [1.807, 2.05) is 36.4 Å². The predicted octanol–water partition coefficient (Wildman–Crippen LogP) is 6.68. The summed E-state index contributed by atoms with van der Waals surface area (Å²) < 4.78 is 25.0. The average molecular weight is 556 g/mol. The van der Waals surface area contributed by atoms with E-state index in [1.165, 1.54) is 31.3 Å². The molecule has 1 heterocycles. The van der Waals surface area contributed by atoms with Crippen molar-refractivity contribution in [2.75, 3.05) is 19.1 Å². The molecule has 1 saturated carbocycles. The van der Waals surface area contributed by atoms with Crippen LogP contribution in [0.4, 0.5) is 10.1 Å². The minimum atomic E-state index is -1.08. The maximum Gasteiger partial charge on any atom is 0.275 e. The highest BCUT2D eigenvalue weighted by molar-refractivity contribution is 6.09.